The Hall–Kier alpha value is -4.77. The monoisotopic (exact) mass is 530 g/mol. The van der Waals surface area contributed by atoms with Crippen molar-refractivity contribution in [1.82, 2.24) is 34.7 Å². The predicted molar refractivity (Wildman–Crippen MR) is 143 cm³/mol. The largest absolute Gasteiger partial charge is 0.465 e. The number of nitrogens with one attached hydrogen (secondary N) is 1. The Labute approximate surface area is 222 Å². The van der Waals surface area contributed by atoms with E-state index in [0.717, 1.165) is 27.4 Å². The van der Waals surface area contributed by atoms with Crippen molar-refractivity contribution in [3.05, 3.63) is 94.0 Å². The van der Waals surface area contributed by atoms with Gasteiger partial charge in [-0.3, -0.25) is 9.69 Å². The van der Waals surface area contributed by atoms with Crippen LogP contribution in [0, 0.1) is 0 Å². The molecule has 12 heteroatoms. The molecule has 5 rings (SSSR count). The summed E-state index contributed by atoms with van der Waals surface area (Å²) >= 11 is 6.24. The first kappa shape index (κ1) is 24.9. The van der Waals surface area contributed by atoms with E-state index in [-0.39, 0.29) is 12.1 Å². The van der Waals surface area contributed by atoms with Crippen molar-refractivity contribution in [3.63, 3.8) is 0 Å². The fourth-order valence-electron chi connectivity index (χ4n) is 4.16. The molecule has 5 aromatic rings. The summed E-state index contributed by atoms with van der Waals surface area (Å²) < 4.78 is 3.08. The summed E-state index contributed by atoms with van der Waals surface area (Å²) in [6.45, 7) is 2.27. The maximum atomic E-state index is 13.1. The number of anilines is 1. The van der Waals surface area contributed by atoms with Crippen LogP contribution >= 0.6 is 11.6 Å². The van der Waals surface area contributed by atoms with Gasteiger partial charge in [0, 0.05) is 46.8 Å². The third kappa shape index (κ3) is 4.91. The van der Waals surface area contributed by atoms with Crippen molar-refractivity contribution < 1.29 is 9.90 Å². The van der Waals surface area contributed by atoms with Crippen molar-refractivity contribution in [2.24, 2.45) is 0 Å². The highest BCUT2D eigenvalue weighted by molar-refractivity contribution is 6.31. The summed E-state index contributed by atoms with van der Waals surface area (Å²) in [6.07, 6.45) is 2.87. The molecule has 0 aliphatic heterocycles. The number of tetrazole rings is 1. The van der Waals surface area contributed by atoms with E-state index in [2.05, 4.69) is 20.5 Å². The van der Waals surface area contributed by atoms with Crippen LogP contribution in [0.2, 0.25) is 5.02 Å². The van der Waals surface area contributed by atoms with Gasteiger partial charge in [0.2, 0.25) is 0 Å². The van der Waals surface area contributed by atoms with Gasteiger partial charge >= 0.3 is 6.09 Å². The lowest BCUT2D eigenvalue weighted by Gasteiger charge is -2.13. The summed E-state index contributed by atoms with van der Waals surface area (Å²) in [7, 11) is 1.49. The predicted octanol–water partition coefficient (Wildman–Crippen LogP) is 4.26. The van der Waals surface area contributed by atoms with Gasteiger partial charge in [-0.05, 0) is 58.8 Å². The Bertz CT molecular complexity index is 1660. The lowest BCUT2D eigenvalue weighted by atomic mass is 10.0. The van der Waals surface area contributed by atoms with Crippen molar-refractivity contribution in [2.75, 3.05) is 11.9 Å². The molecular weight excluding hydrogens is 508 g/mol. The number of aromatic amines is 1. The quantitative estimate of drug-likeness (QED) is 0.321. The minimum Gasteiger partial charge on any atom is -0.465 e. The van der Waals surface area contributed by atoms with E-state index in [4.69, 9.17) is 16.6 Å². The third-order valence-electron chi connectivity index (χ3n) is 6.18. The molecule has 0 fully saturated rings. The van der Waals surface area contributed by atoms with Crippen LogP contribution in [0.1, 0.15) is 18.4 Å². The van der Waals surface area contributed by atoms with Gasteiger partial charge in [-0.15, -0.1) is 5.10 Å². The topological polar surface area (TPSA) is 135 Å². The average Bonchev–Trinajstić information content (AvgIpc) is 3.60. The number of H-pyrrole nitrogens is 1. The van der Waals surface area contributed by atoms with E-state index in [1.54, 1.807) is 47.2 Å². The second-order valence-electron chi connectivity index (χ2n) is 8.55. The van der Waals surface area contributed by atoms with Gasteiger partial charge in [0.1, 0.15) is 12.2 Å². The number of imidazole rings is 1. The highest BCUT2D eigenvalue weighted by Gasteiger charge is 2.15. The molecule has 38 heavy (non-hydrogen) atoms. The van der Waals surface area contributed by atoms with Crippen molar-refractivity contribution in [1.29, 1.82) is 0 Å². The lowest BCUT2D eigenvalue weighted by Crippen LogP contribution is -2.23. The molecular formula is C26H23ClN8O3. The Morgan fingerprint density at radius 3 is 2.55 bits per heavy atom. The van der Waals surface area contributed by atoms with Crippen LogP contribution in [0.3, 0.4) is 0 Å². The smallest absolute Gasteiger partial charge is 0.411 e. The highest BCUT2D eigenvalue weighted by atomic mass is 35.5. The van der Waals surface area contributed by atoms with Gasteiger partial charge in [-0.1, -0.05) is 30.7 Å². The molecule has 11 nitrogen and oxygen atoms in total. The number of carbonyl (C=O) groups is 1. The van der Waals surface area contributed by atoms with Crippen LogP contribution in [0.15, 0.2) is 71.9 Å². The molecule has 1 amide bonds. The van der Waals surface area contributed by atoms with E-state index in [0.29, 0.717) is 34.2 Å². The standard InChI is InChI=1S/C26H23ClN8O3/c1-3-21-25(16-4-7-19(8-5-16)33(2)26(37)38)30-23(29-21)14-34-11-10-17(12-24(34)36)20-13-18(27)6-9-22(20)35-15-28-31-32-35/h4-13,15H,3,14H2,1-2H3,(H,29,30)(H,37,38). The lowest BCUT2D eigenvalue weighted by molar-refractivity contribution is 0.203. The molecule has 0 atom stereocenters. The van der Waals surface area contributed by atoms with Crippen molar-refractivity contribution in [3.8, 4) is 28.1 Å². The second kappa shape index (κ2) is 10.3. The summed E-state index contributed by atoms with van der Waals surface area (Å²) in [5.41, 5.74) is 4.99. The maximum absolute atomic E-state index is 13.1. The minimum atomic E-state index is -1.03. The Balaban J connectivity index is 1.43. The summed E-state index contributed by atoms with van der Waals surface area (Å²) in [5.74, 6) is 0.635. The van der Waals surface area contributed by atoms with Gasteiger partial charge in [0.25, 0.3) is 5.56 Å². The Kier molecular flexibility index (Phi) is 6.75. The van der Waals surface area contributed by atoms with E-state index < -0.39 is 6.09 Å². The molecule has 2 aromatic carbocycles. The first-order valence-electron chi connectivity index (χ1n) is 11.7. The van der Waals surface area contributed by atoms with Gasteiger partial charge in [0.05, 0.1) is 17.9 Å². The summed E-state index contributed by atoms with van der Waals surface area (Å²) in [6, 6.07) is 15.8. The number of hydrogen-bond donors (Lipinski definition) is 2. The van der Waals surface area contributed by atoms with Crippen LogP contribution < -0.4 is 10.5 Å². The highest BCUT2D eigenvalue weighted by Crippen LogP contribution is 2.29. The zero-order valence-electron chi connectivity index (χ0n) is 20.5. The molecule has 3 heterocycles. The first-order valence-corrected chi connectivity index (χ1v) is 12.1. The number of aromatic nitrogens is 7. The molecule has 0 aliphatic rings. The van der Waals surface area contributed by atoms with Gasteiger partial charge < -0.3 is 14.7 Å². The summed E-state index contributed by atoms with van der Waals surface area (Å²) in [5, 5.41) is 21.0. The van der Waals surface area contributed by atoms with Crippen LogP contribution in [-0.4, -0.2) is 53.0 Å². The normalized spacial score (nSPS) is 11.0. The molecule has 0 unspecified atom stereocenters. The second-order valence-corrected chi connectivity index (χ2v) is 8.99. The number of nitrogens with zero attached hydrogens (tertiary/aromatic N) is 7. The number of benzene rings is 2. The number of pyridine rings is 1. The molecule has 0 saturated carbocycles. The molecule has 0 aliphatic carbocycles. The number of halogens is 1. The van der Waals surface area contributed by atoms with Crippen LogP contribution in [0.25, 0.3) is 28.1 Å². The Morgan fingerprint density at radius 2 is 1.89 bits per heavy atom. The number of rotatable bonds is 7. The van der Waals surface area contributed by atoms with E-state index in [1.807, 2.05) is 25.1 Å². The Morgan fingerprint density at radius 1 is 1.11 bits per heavy atom. The number of carboxylic acid groups (broad SMARTS) is 1. The van der Waals surface area contributed by atoms with Crippen molar-refractivity contribution in [2.45, 2.75) is 19.9 Å². The zero-order chi connectivity index (χ0) is 26.8. The van der Waals surface area contributed by atoms with Crippen LogP contribution in [0.5, 0.6) is 0 Å². The number of hydrogen-bond acceptors (Lipinski definition) is 6. The molecule has 3 aromatic heterocycles. The molecule has 0 spiro atoms. The fraction of sp³-hybridized carbons (Fsp3) is 0.154. The number of aryl methyl sites for hydroxylation is 1. The zero-order valence-corrected chi connectivity index (χ0v) is 21.3. The molecule has 2 N–H and O–H groups in total. The molecule has 192 valence electrons. The average molecular weight is 531 g/mol. The van der Waals surface area contributed by atoms with Gasteiger partial charge in [-0.2, -0.15) is 4.68 Å². The third-order valence-corrected chi connectivity index (χ3v) is 6.41. The minimum absolute atomic E-state index is 0.206. The van der Waals surface area contributed by atoms with Crippen molar-refractivity contribution >= 4 is 23.4 Å². The first-order chi connectivity index (χ1) is 18.3. The molecule has 0 bridgehead atoms. The SMILES string of the molecule is CCc1[nH]c(Cn2ccc(-c3cc(Cl)ccc3-n3cnnn3)cc2=O)nc1-c1ccc(N(C)C(=O)O)cc1. The maximum Gasteiger partial charge on any atom is 0.411 e. The molecule has 0 radical (unpaired) electrons. The van der Waals surface area contributed by atoms with Crippen LogP contribution in [0.4, 0.5) is 10.5 Å². The molecule has 0 saturated heterocycles. The van der Waals surface area contributed by atoms with Gasteiger partial charge in [0.15, 0.2) is 0 Å². The van der Waals surface area contributed by atoms with E-state index in [1.165, 1.54) is 18.1 Å². The fourth-order valence-corrected chi connectivity index (χ4v) is 4.34. The number of amides is 1. The summed E-state index contributed by atoms with van der Waals surface area (Å²) in [4.78, 5) is 33.5. The van der Waals surface area contributed by atoms with Gasteiger partial charge in [-0.25, -0.2) is 9.78 Å². The van der Waals surface area contributed by atoms with E-state index >= 15 is 0 Å². The van der Waals surface area contributed by atoms with Crippen LogP contribution in [-0.2, 0) is 13.0 Å². The van der Waals surface area contributed by atoms with E-state index in [9.17, 15) is 14.7 Å².